The number of rotatable bonds is 7. The van der Waals surface area contributed by atoms with Gasteiger partial charge >= 0.3 is 0 Å². The van der Waals surface area contributed by atoms with Crippen LogP contribution in [0.25, 0.3) is 127 Å². The Hall–Kier alpha value is -9.18. The average molecular weight is 878 g/mol. The molecule has 14 rings (SSSR count). The molecule has 0 radical (unpaired) electrons. The first-order valence-electron chi connectivity index (χ1n) is 23.8. The molecule has 322 valence electrons. The van der Waals surface area contributed by atoms with E-state index in [0.29, 0.717) is 0 Å². The van der Waals surface area contributed by atoms with Gasteiger partial charge in [0.05, 0.1) is 50.2 Å². The van der Waals surface area contributed by atoms with Gasteiger partial charge in [0.2, 0.25) is 0 Å². The number of hydrogen-bond acceptors (Lipinski definition) is 0. The van der Waals surface area contributed by atoms with Crippen LogP contribution >= 0.6 is 0 Å². The Balaban J connectivity index is 1.04. The molecule has 0 atom stereocenters. The highest BCUT2D eigenvalue weighted by atomic mass is 15.0. The molecule has 14 aromatic rings. The molecule has 3 heteroatoms. The van der Waals surface area contributed by atoms with Crippen molar-refractivity contribution in [2.24, 2.45) is 0 Å². The quantitative estimate of drug-likeness (QED) is 0.152. The summed E-state index contributed by atoms with van der Waals surface area (Å²) in [6.45, 7) is 0. The van der Waals surface area contributed by atoms with Gasteiger partial charge in [-0.25, -0.2) is 0 Å². The van der Waals surface area contributed by atoms with E-state index in [-0.39, 0.29) is 0 Å². The van der Waals surface area contributed by atoms with Crippen molar-refractivity contribution >= 4 is 65.4 Å². The molecule has 3 aromatic heterocycles. The maximum atomic E-state index is 2.52. The van der Waals surface area contributed by atoms with Gasteiger partial charge in [-0.15, -0.1) is 0 Å². The second-order valence-corrected chi connectivity index (χ2v) is 18.0. The fourth-order valence-corrected chi connectivity index (χ4v) is 11.3. The maximum absolute atomic E-state index is 2.52. The van der Waals surface area contributed by atoms with E-state index in [1.165, 1.54) is 104 Å². The molecule has 0 fully saturated rings. The Kier molecular flexibility index (Phi) is 8.90. The van der Waals surface area contributed by atoms with Crippen LogP contribution in [0.3, 0.4) is 0 Å². The molecule has 0 aliphatic rings. The van der Waals surface area contributed by atoms with Crippen molar-refractivity contribution in [1.82, 2.24) is 13.7 Å². The first-order chi connectivity index (χ1) is 34.3. The third-order valence-electron chi connectivity index (χ3n) is 14.3. The molecule has 0 amide bonds. The monoisotopic (exact) mass is 877 g/mol. The molecular formula is C66H43N3. The molecule has 3 nitrogen and oxygen atoms in total. The zero-order valence-corrected chi connectivity index (χ0v) is 37.7. The summed E-state index contributed by atoms with van der Waals surface area (Å²) in [6.07, 6.45) is 0. The zero-order valence-electron chi connectivity index (χ0n) is 37.7. The fourth-order valence-electron chi connectivity index (χ4n) is 11.3. The summed E-state index contributed by atoms with van der Waals surface area (Å²) in [7, 11) is 0. The van der Waals surface area contributed by atoms with Crippen LogP contribution in [0.15, 0.2) is 261 Å². The van der Waals surface area contributed by atoms with Crippen molar-refractivity contribution in [3.63, 3.8) is 0 Å². The SMILES string of the molecule is c1ccc(-c2ccc(-n3c4ccccc4c4c(-c5ccccc5-n5c6ccccc6c6c5ccc5c7ccccc7n(-c7ccccc7-c7ccccc7)c56)cccc43)c(-c3ccccc3)c2)cc1. The molecule has 69 heavy (non-hydrogen) atoms. The number of benzene rings is 11. The molecule has 0 aliphatic heterocycles. The maximum Gasteiger partial charge on any atom is 0.0641 e. The van der Waals surface area contributed by atoms with Gasteiger partial charge in [-0.05, 0) is 82.4 Å². The Bertz CT molecular complexity index is 4290. The van der Waals surface area contributed by atoms with Gasteiger partial charge in [-0.1, -0.05) is 206 Å². The van der Waals surface area contributed by atoms with Crippen LogP contribution in [-0.2, 0) is 0 Å². The second-order valence-electron chi connectivity index (χ2n) is 18.0. The molecule has 11 aromatic carbocycles. The third-order valence-corrected chi connectivity index (χ3v) is 14.3. The zero-order chi connectivity index (χ0) is 45.4. The van der Waals surface area contributed by atoms with Gasteiger partial charge in [0.1, 0.15) is 0 Å². The van der Waals surface area contributed by atoms with E-state index in [0.717, 1.165) is 22.6 Å². The van der Waals surface area contributed by atoms with Crippen LogP contribution in [0.5, 0.6) is 0 Å². The van der Waals surface area contributed by atoms with Gasteiger partial charge < -0.3 is 13.7 Å². The lowest BCUT2D eigenvalue weighted by molar-refractivity contribution is 1.17. The summed E-state index contributed by atoms with van der Waals surface area (Å²) >= 11 is 0. The highest BCUT2D eigenvalue weighted by Gasteiger charge is 2.25. The van der Waals surface area contributed by atoms with Gasteiger partial charge in [-0.3, -0.25) is 0 Å². The Morgan fingerprint density at radius 2 is 0.652 bits per heavy atom. The minimum atomic E-state index is 1.14. The Morgan fingerprint density at radius 1 is 0.203 bits per heavy atom. The summed E-state index contributed by atoms with van der Waals surface area (Å²) in [5, 5.41) is 7.38. The molecule has 0 saturated heterocycles. The number of aromatic nitrogens is 3. The number of hydrogen-bond donors (Lipinski definition) is 0. The van der Waals surface area contributed by atoms with Crippen molar-refractivity contribution in [2.75, 3.05) is 0 Å². The smallest absolute Gasteiger partial charge is 0.0641 e. The van der Waals surface area contributed by atoms with Gasteiger partial charge in [-0.2, -0.15) is 0 Å². The predicted octanol–water partition coefficient (Wildman–Crippen LogP) is 17.6. The van der Waals surface area contributed by atoms with Gasteiger partial charge in [0.25, 0.3) is 0 Å². The van der Waals surface area contributed by atoms with Crippen molar-refractivity contribution < 1.29 is 0 Å². The van der Waals surface area contributed by atoms with Crippen molar-refractivity contribution in [3.8, 4) is 61.6 Å². The number of fused-ring (bicyclic) bond motifs is 10. The topological polar surface area (TPSA) is 14.8 Å². The highest BCUT2D eigenvalue weighted by molar-refractivity contribution is 6.27. The second kappa shape index (κ2) is 15.7. The van der Waals surface area contributed by atoms with E-state index in [1.54, 1.807) is 0 Å². The standard InChI is InChI=1S/C66H43N3/c1-4-21-44(22-5-1)47-39-41-61(55(43-47)46-25-8-3-9-26-46)68-59-36-18-13-30-53(59)64-51(32-20-38-62(64)68)49-28-11-16-34-57(49)67-60-37-19-14-31-54(60)65-63(67)42-40-52-50-29-12-17-35-58(50)69(66(52)65)56-33-15-10-27-48(56)45-23-6-2-7-24-45/h1-43H. The van der Waals surface area contributed by atoms with Crippen molar-refractivity contribution in [2.45, 2.75) is 0 Å². The highest BCUT2D eigenvalue weighted by Crippen LogP contribution is 2.47. The van der Waals surface area contributed by atoms with Crippen molar-refractivity contribution in [1.29, 1.82) is 0 Å². The summed E-state index contributed by atoms with van der Waals surface area (Å²) in [4.78, 5) is 0. The molecule has 0 aliphatic carbocycles. The minimum absolute atomic E-state index is 1.14. The van der Waals surface area contributed by atoms with E-state index in [9.17, 15) is 0 Å². The lowest BCUT2D eigenvalue weighted by atomic mass is 9.97. The normalized spacial score (nSPS) is 11.8. The predicted molar refractivity (Wildman–Crippen MR) is 291 cm³/mol. The molecular weight excluding hydrogens is 835 g/mol. The first kappa shape index (κ1) is 39.0. The molecule has 0 spiro atoms. The Labute approximate surface area is 399 Å². The number of para-hydroxylation sites is 5. The van der Waals surface area contributed by atoms with Gasteiger partial charge in [0.15, 0.2) is 0 Å². The van der Waals surface area contributed by atoms with E-state index < -0.39 is 0 Å². The Morgan fingerprint density at radius 3 is 1.32 bits per heavy atom. The minimum Gasteiger partial charge on any atom is -0.309 e. The third kappa shape index (κ3) is 6.01. The van der Waals surface area contributed by atoms with E-state index in [1.807, 2.05) is 0 Å². The molecule has 0 N–H and O–H groups in total. The molecule has 0 bridgehead atoms. The first-order valence-corrected chi connectivity index (χ1v) is 23.8. The summed E-state index contributed by atoms with van der Waals surface area (Å²) < 4.78 is 7.51. The summed E-state index contributed by atoms with van der Waals surface area (Å²) in [5.41, 5.74) is 20.0. The van der Waals surface area contributed by atoms with Crippen LogP contribution in [0, 0.1) is 0 Å². The van der Waals surface area contributed by atoms with Crippen LogP contribution in [-0.4, -0.2) is 13.7 Å². The van der Waals surface area contributed by atoms with Crippen LogP contribution in [0.1, 0.15) is 0 Å². The molecule has 3 heterocycles. The largest absolute Gasteiger partial charge is 0.309 e. The number of nitrogens with zero attached hydrogens (tertiary/aromatic N) is 3. The van der Waals surface area contributed by atoms with Crippen LogP contribution in [0.2, 0.25) is 0 Å². The molecule has 0 saturated carbocycles. The lowest BCUT2D eigenvalue weighted by Crippen LogP contribution is -1.99. The van der Waals surface area contributed by atoms with Crippen LogP contribution < -0.4 is 0 Å². The summed E-state index contributed by atoms with van der Waals surface area (Å²) in [5.74, 6) is 0. The lowest BCUT2D eigenvalue weighted by Gasteiger charge is -2.17. The van der Waals surface area contributed by atoms with Crippen molar-refractivity contribution in [3.05, 3.63) is 261 Å². The van der Waals surface area contributed by atoms with E-state index >= 15 is 0 Å². The average Bonchev–Trinajstić information content (AvgIpc) is 4.07. The molecule has 0 unspecified atom stereocenters. The van der Waals surface area contributed by atoms with Gasteiger partial charge in [0, 0.05) is 49.0 Å². The fraction of sp³-hybridized carbons (Fsp3) is 0. The summed E-state index contributed by atoms with van der Waals surface area (Å²) in [6, 6.07) is 95.4. The van der Waals surface area contributed by atoms with E-state index in [4.69, 9.17) is 0 Å². The van der Waals surface area contributed by atoms with Crippen LogP contribution in [0.4, 0.5) is 0 Å². The van der Waals surface area contributed by atoms with E-state index in [2.05, 4.69) is 275 Å².